The molecule has 0 fully saturated rings. The first-order valence-electron chi connectivity index (χ1n) is 4.46. The standard InChI is InChI=1S/C10H6F5NO2/c11-9(12,13)10(14,15)18-8-4-2-1-3-6(8)7(17)5-16/h1-5,16H. The van der Waals surface area contributed by atoms with Crippen LogP contribution in [0.5, 0.6) is 5.75 Å². The van der Waals surface area contributed by atoms with Crippen LogP contribution in [-0.4, -0.2) is 24.3 Å². The van der Waals surface area contributed by atoms with Crippen molar-refractivity contribution < 1.29 is 31.5 Å². The fraction of sp³-hybridized carbons (Fsp3) is 0.200. The molecule has 0 unspecified atom stereocenters. The first-order valence-corrected chi connectivity index (χ1v) is 4.46. The van der Waals surface area contributed by atoms with Gasteiger partial charge in [0.25, 0.3) is 0 Å². The van der Waals surface area contributed by atoms with Crippen molar-refractivity contribution in [1.29, 1.82) is 5.41 Å². The lowest BCUT2D eigenvalue weighted by molar-refractivity contribution is -0.360. The van der Waals surface area contributed by atoms with Gasteiger partial charge in [-0.15, -0.1) is 0 Å². The molecule has 0 amide bonds. The Morgan fingerprint density at radius 3 is 2.22 bits per heavy atom. The molecule has 0 atom stereocenters. The van der Waals surface area contributed by atoms with E-state index in [2.05, 4.69) is 4.74 Å². The maximum Gasteiger partial charge on any atom is 0.499 e. The molecule has 98 valence electrons. The third-order valence-electron chi connectivity index (χ3n) is 1.85. The van der Waals surface area contributed by atoms with Crippen LogP contribution in [0, 0.1) is 5.41 Å². The molecule has 1 aromatic carbocycles. The van der Waals surface area contributed by atoms with Gasteiger partial charge in [0.05, 0.1) is 11.8 Å². The highest BCUT2D eigenvalue weighted by molar-refractivity contribution is 6.35. The van der Waals surface area contributed by atoms with Crippen LogP contribution >= 0.6 is 0 Å². The second-order valence-corrected chi connectivity index (χ2v) is 3.12. The van der Waals surface area contributed by atoms with Crippen LogP contribution in [0.1, 0.15) is 10.4 Å². The molecule has 0 saturated heterocycles. The molecule has 0 radical (unpaired) electrons. The first kappa shape index (κ1) is 14.1. The molecule has 0 aromatic heterocycles. The monoisotopic (exact) mass is 267 g/mol. The number of nitrogens with one attached hydrogen (secondary N) is 1. The number of hydrogen-bond donors (Lipinski definition) is 1. The van der Waals surface area contributed by atoms with Gasteiger partial charge in [-0.1, -0.05) is 12.1 Å². The highest BCUT2D eigenvalue weighted by Gasteiger charge is 2.61. The molecular weight excluding hydrogens is 261 g/mol. The van der Waals surface area contributed by atoms with Gasteiger partial charge in [-0.2, -0.15) is 22.0 Å². The fourth-order valence-corrected chi connectivity index (χ4v) is 1.03. The Morgan fingerprint density at radius 1 is 1.17 bits per heavy atom. The highest BCUT2D eigenvalue weighted by Crippen LogP contribution is 2.38. The van der Waals surface area contributed by atoms with E-state index >= 15 is 0 Å². The third kappa shape index (κ3) is 2.82. The van der Waals surface area contributed by atoms with Crippen molar-refractivity contribution in [3.05, 3.63) is 29.8 Å². The molecule has 3 nitrogen and oxygen atoms in total. The summed E-state index contributed by atoms with van der Waals surface area (Å²) in [6, 6.07) is 4.14. The van der Waals surface area contributed by atoms with Crippen molar-refractivity contribution in [3.63, 3.8) is 0 Å². The molecule has 18 heavy (non-hydrogen) atoms. The van der Waals surface area contributed by atoms with Crippen LogP contribution in [0.2, 0.25) is 0 Å². The summed E-state index contributed by atoms with van der Waals surface area (Å²) >= 11 is 0. The van der Waals surface area contributed by atoms with E-state index in [1.165, 1.54) is 6.07 Å². The molecule has 0 aliphatic rings. The summed E-state index contributed by atoms with van der Waals surface area (Å²) in [5.41, 5.74) is -0.545. The van der Waals surface area contributed by atoms with Crippen LogP contribution in [0.15, 0.2) is 24.3 Å². The molecule has 1 N–H and O–H groups in total. The van der Waals surface area contributed by atoms with E-state index in [0.29, 0.717) is 0 Å². The number of ketones is 1. The number of benzene rings is 1. The SMILES string of the molecule is N=CC(=O)c1ccccc1OC(F)(F)C(F)(F)F. The number of carbonyl (C=O) groups excluding carboxylic acids is 1. The number of rotatable bonds is 4. The van der Waals surface area contributed by atoms with Gasteiger partial charge in [-0.25, -0.2) is 0 Å². The van der Waals surface area contributed by atoms with Crippen molar-refractivity contribution >= 4 is 12.0 Å². The maximum atomic E-state index is 12.6. The lowest BCUT2D eigenvalue weighted by Gasteiger charge is -2.21. The van der Waals surface area contributed by atoms with E-state index in [0.717, 1.165) is 18.2 Å². The average Bonchev–Trinajstić information content (AvgIpc) is 2.26. The van der Waals surface area contributed by atoms with Gasteiger partial charge in [-0.05, 0) is 12.1 Å². The van der Waals surface area contributed by atoms with Gasteiger partial charge in [0, 0.05) is 0 Å². The molecule has 1 aromatic rings. The van der Waals surface area contributed by atoms with E-state index in [9.17, 15) is 26.7 Å². The lowest BCUT2D eigenvalue weighted by Crippen LogP contribution is -2.42. The molecule has 8 heteroatoms. The maximum absolute atomic E-state index is 12.6. The van der Waals surface area contributed by atoms with Crippen molar-refractivity contribution in [2.45, 2.75) is 12.3 Å². The quantitative estimate of drug-likeness (QED) is 0.518. The van der Waals surface area contributed by atoms with Crippen molar-refractivity contribution in [2.75, 3.05) is 0 Å². The van der Waals surface area contributed by atoms with Gasteiger partial charge in [0.2, 0.25) is 5.78 Å². The second-order valence-electron chi connectivity index (χ2n) is 3.12. The van der Waals surface area contributed by atoms with Gasteiger partial charge < -0.3 is 10.1 Å². The lowest BCUT2D eigenvalue weighted by atomic mass is 10.1. The Morgan fingerprint density at radius 2 is 1.72 bits per heavy atom. The van der Waals surface area contributed by atoms with E-state index in [1.807, 2.05) is 0 Å². The number of ether oxygens (including phenoxy) is 1. The Hall–Kier alpha value is -1.99. The molecule has 0 aliphatic heterocycles. The smallest absolute Gasteiger partial charge is 0.425 e. The summed E-state index contributed by atoms with van der Waals surface area (Å²) in [6.07, 6.45) is -11.0. The highest BCUT2D eigenvalue weighted by atomic mass is 19.4. The Bertz CT molecular complexity index is 470. The van der Waals surface area contributed by atoms with Crippen molar-refractivity contribution in [3.8, 4) is 5.75 Å². The minimum absolute atomic E-state index is 0.286. The zero-order valence-corrected chi connectivity index (χ0v) is 8.59. The molecule has 0 heterocycles. The van der Waals surface area contributed by atoms with E-state index in [-0.39, 0.29) is 6.21 Å². The van der Waals surface area contributed by atoms with Crippen LogP contribution < -0.4 is 4.74 Å². The summed E-state index contributed by atoms with van der Waals surface area (Å²) in [4.78, 5) is 11.1. The van der Waals surface area contributed by atoms with Crippen LogP contribution in [0.3, 0.4) is 0 Å². The summed E-state index contributed by atoms with van der Waals surface area (Å²) in [5.74, 6) is -1.98. The molecular formula is C10H6F5NO2. The van der Waals surface area contributed by atoms with E-state index in [4.69, 9.17) is 5.41 Å². The Balaban J connectivity index is 3.13. The number of carbonyl (C=O) groups is 1. The van der Waals surface area contributed by atoms with Crippen molar-refractivity contribution in [2.24, 2.45) is 0 Å². The topological polar surface area (TPSA) is 50.2 Å². The van der Waals surface area contributed by atoms with Crippen LogP contribution in [0.4, 0.5) is 22.0 Å². The molecule has 0 saturated carbocycles. The third-order valence-corrected chi connectivity index (χ3v) is 1.85. The summed E-state index contributed by atoms with van der Waals surface area (Å²) < 4.78 is 64.6. The van der Waals surface area contributed by atoms with Gasteiger partial charge in [-0.3, -0.25) is 4.79 Å². The summed E-state index contributed by atoms with van der Waals surface area (Å²) in [6.45, 7) is 0. The molecule has 0 spiro atoms. The van der Waals surface area contributed by atoms with Gasteiger partial charge in [0.15, 0.2) is 0 Å². The van der Waals surface area contributed by atoms with Gasteiger partial charge in [0.1, 0.15) is 5.75 Å². The van der Waals surface area contributed by atoms with Gasteiger partial charge >= 0.3 is 12.3 Å². The van der Waals surface area contributed by atoms with E-state index in [1.54, 1.807) is 0 Å². The largest absolute Gasteiger partial charge is 0.499 e. The predicted octanol–water partition coefficient (Wildman–Crippen LogP) is 3.05. The zero-order valence-electron chi connectivity index (χ0n) is 8.59. The molecule has 1 rings (SSSR count). The number of alkyl halides is 5. The Labute approximate surface area is 97.7 Å². The van der Waals surface area contributed by atoms with Crippen LogP contribution in [0.25, 0.3) is 0 Å². The zero-order chi connectivity index (χ0) is 14.0. The Kier molecular flexibility index (Phi) is 3.68. The van der Waals surface area contributed by atoms with Crippen molar-refractivity contribution in [1.82, 2.24) is 0 Å². The summed E-state index contributed by atoms with van der Waals surface area (Å²) in [7, 11) is 0. The fourth-order valence-electron chi connectivity index (χ4n) is 1.03. The summed E-state index contributed by atoms with van der Waals surface area (Å²) in [5, 5.41) is 6.66. The molecule has 0 aliphatic carbocycles. The number of halogens is 5. The number of Topliss-reactive ketones (excluding diaryl/α,β-unsaturated/α-hetero) is 1. The van der Waals surface area contributed by atoms with Crippen LogP contribution in [-0.2, 0) is 0 Å². The molecule has 0 bridgehead atoms. The number of para-hydroxylation sites is 1. The minimum Gasteiger partial charge on any atom is -0.425 e. The first-order chi connectivity index (χ1) is 8.19. The second kappa shape index (κ2) is 4.71. The minimum atomic E-state index is -5.90. The number of hydrogen-bond acceptors (Lipinski definition) is 3. The average molecular weight is 267 g/mol. The van der Waals surface area contributed by atoms with E-state index < -0.39 is 29.4 Å². The normalized spacial score (nSPS) is 12.1. The predicted molar refractivity (Wildman–Crippen MR) is 51.2 cm³/mol.